The highest BCUT2D eigenvalue weighted by atomic mass is 16.7. The molecule has 13 bridgehead atoms. The minimum absolute atomic E-state index is 0.0274. The number of ether oxygens (including phenoxy) is 2. The van der Waals surface area contributed by atoms with Gasteiger partial charge < -0.3 is 56.9 Å². The Balaban J connectivity index is 0.913. The van der Waals surface area contributed by atoms with Crippen LogP contribution in [-0.2, 0) is 20.7 Å². The lowest BCUT2D eigenvalue weighted by molar-refractivity contribution is -0.206. The maximum atomic E-state index is 17.2. The molecule has 7 aliphatic carbocycles. The molecule has 14 aliphatic rings. The number of epoxide rings is 1. The van der Waals surface area contributed by atoms with Crippen molar-refractivity contribution in [2.75, 3.05) is 26.8 Å². The second-order valence-electron chi connectivity index (χ2n) is 32.7. The number of allylic oxidation sites excluding steroid dienone is 8. The van der Waals surface area contributed by atoms with Crippen molar-refractivity contribution in [2.45, 2.75) is 221 Å². The number of aromatic hydroxyl groups is 1. The molecule has 19 atom stereocenters. The van der Waals surface area contributed by atoms with E-state index < -0.39 is 76.0 Å². The first-order chi connectivity index (χ1) is 46.5. The fourth-order valence-corrected chi connectivity index (χ4v) is 22.9. The van der Waals surface area contributed by atoms with Crippen LogP contribution in [0.15, 0.2) is 124 Å². The van der Waals surface area contributed by atoms with E-state index >= 15 is 14.4 Å². The predicted molar refractivity (Wildman–Crippen MR) is 368 cm³/mol. The molecule has 7 aliphatic heterocycles. The molecule has 19 unspecified atom stereocenters. The lowest BCUT2D eigenvalue weighted by Crippen LogP contribution is -2.70. The van der Waals surface area contributed by atoms with Gasteiger partial charge in [0, 0.05) is 72.0 Å². The number of fused-ring (bicyclic) bond motifs is 3. The fourth-order valence-electron chi connectivity index (χ4n) is 22.9. The van der Waals surface area contributed by atoms with Gasteiger partial charge in [0.05, 0.1) is 31.1 Å². The van der Waals surface area contributed by atoms with Gasteiger partial charge >= 0.3 is 5.97 Å². The second kappa shape index (κ2) is 25.0. The number of carbonyl (C=O) groups is 3. The number of benzene rings is 2. The van der Waals surface area contributed by atoms with Gasteiger partial charge in [0.15, 0.2) is 11.4 Å². The largest absolute Gasteiger partial charge is 0.508 e. The van der Waals surface area contributed by atoms with Crippen LogP contribution >= 0.6 is 0 Å². The first-order valence-electron chi connectivity index (χ1n) is 37.2. The number of dihydropyridines is 2. The fraction of sp³-hybridized carbons (Fsp3) is 0.617. The highest BCUT2D eigenvalue weighted by Gasteiger charge is 2.86. The summed E-state index contributed by atoms with van der Waals surface area (Å²) in [5.41, 5.74) is 10.4. The third-order valence-electron chi connectivity index (χ3n) is 27.7. The number of nitrogens with two attached hydrogens (primary N) is 1. The Bertz CT molecular complexity index is 3790. The van der Waals surface area contributed by atoms with Crippen LogP contribution in [-0.4, -0.2) is 112 Å². The Labute approximate surface area is 567 Å². The van der Waals surface area contributed by atoms with Gasteiger partial charge in [-0.3, -0.25) is 14.9 Å². The zero-order valence-corrected chi connectivity index (χ0v) is 56.7. The summed E-state index contributed by atoms with van der Waals surface area (Å²) in [5, 5.41) is 67.6. The van der Waals surface area contributed by atoms with Crippen LogP contribution in [0.3, 0.4) is 0 Å². The van der Waals surface area contributed by atoms with Crippen LogP contribution in [0.1, 0.15) is 199 Å². The van der Waals surface area contributed by atoms with E-state index in [1.807, 2.05) is 38.2 Å². The van der Waals surface area contributed by atoms with Gasteiger partial charge in [-0.1, -0.05) is 111 Å². The summed E-state index contributed by atoms with van der Waals surface area (Å²) < 4.78 is 14.8. The average Bonchev–Trinajstić information content (AvgIpc) is 1.47. The number of hydrogen-bond donors (Lipinski definition) is 10. The normalized spacial score (nSPS) is 40.8. The number of ketones is 2. The van der Waals surface area contributed by atoms with E-state index in [9.17, 15) is 20.4 Å². The Kier molecular flexibility index (Phi) is 16.8. The van der Waals surface area contributed by atoms with Crippen molar-refractivity contribution >= 4 is 17.5 Å². The first-order valence-corrected chi connectivity index (χ1v) is 37.2. The van der Waals surface area contributed by atoms with Gasteiger partial charge in [0.25, 0.3) is 5.60 Å². The van der Waals surface area contributed by atoms with E-state index in [4.69, 9.17) is 15.2 Å². The summed E-state index contributed by atoms with van der Waals surface area (Å²) in [6.07, 6.45) is 30.1. The van der Waals surface area contributed by atoms with Crippen LogP contribution in [0.2, 0.25) is 0 Å². The van der Waals surface area contributed by atoms with E-state index in [-0.39, 0.29) is 89.5 Å². The molecular weight excluding hydrogens is 1200 g/mol. The number of nitrogens with one attached hydrogen (secondary N) is 5. The number of hydrogen-bond acceptors (Lipinski definition) is 15. The maximum Gasteiger partial charge on any atom is 0.350 e. The topological polar surface area (TPSA) is 240 Å². The standard InChI is InChI=1S/C81H102N6O9/c1-46(24-25-49-29-32-84-75-57(49)26-27-69(83-3)86-75)55(45-89)41-80-72(92)58-21-11-19-53-39-77(2)30-8-7-13-48-16-9-18-52-40-78-42-63-61(71(66(78)35-59(48)52)95-76(94)81(80,96-80)73(93)70(53)58)37-68(91)79(31-28-54(44-88)64(79)22-12-23-67(87-78)50-14-5-4-6-15-50)65(63)36-60(51-17-10-20-56(90)34-51)62-33-47(38-77)43-85-74(62)82/h9-11,17-21,29,33-34,40,43,48,50,54,59-61,63-69,71,74,83-91H,4-8,13-16,22,24-28,30-32,35-39,41-42,44-45,82H2,1-3H3. The molecular formula is C81H102N6O9. The molecule has 4 saturated carbocycles. The second-order valence-corrected chi connectivity index (χ2v) is 32.7. The van der Waals surface area contributed by atoms with Gasteiger partial charge in [-0.15, -0.1) is 5.92 Å². The molecule has 0 aromatic heterocycles. The number of Topliss-reactive ketones (excluding diaryl/α,β-unsaturated/α-hetero) is 2. The number of rotatable bonds is 10. The molecule has 2 aromatic carbocycles. The molecule has 1 saturated heterocycles. The molecule has 15 nitrogen and oxygen atoms in total. The lowest BCUT2D eigenvalue weighted by atomic mass is 9.43. The SMILES string of the molecule is CNC1CCC2=C(NCC=C2CCC(C)=C(CO)CC23OC24C(=O)OC2C5CC(O)C67CCC(CO)C6CC#CC(C6CCCCC6)NC68C=C9C=CCC(CCCCC(C)(CC%10=CNC(N)C(=C%10)C(c%10cccc(O)c%10)CC7C5C6)Cc5cccc(c5C4=O)C3=O)C9CC28)N1. The summed E-state index contributed by atoms with van der Waals surface area (Å²) in [6.45, 7) is 4.57. The first kappa shape index (κ1) is 64.6. The number of carbonyl (C=O) groups excluding carboxylic acids is 3. The Morgan fingerprint density at radius 3 is 2.56 bits per heavy atom. The number of aliphatic hydroxyl groups excluding tert-OH is 3. The van der Waals surface area contributed by atoms with Crippen molar-refractivity contribution in [3.05, 3.63) is 146 Å². The number of phenols is 1. The van der Waals surface area contributed by atoms with Crippen molar-refractivity contribution < 1.29 is 44.3 Å². The van der Waals surface area contributed by atoms with Gasteiger partial charge in [-0.2, -0.15) is 0 Å². The third kappa shape index (κ3) is 10.5. The molecule has 3 spiro atoms. The van der Waals surface area contributed by atoms with Crippen molar-refractivity contribution in [1.82, 2.24) is 26.6 Å². The molecule has 510 valence electrons. The number of phenolic OH excluding ortho intramolecular Hbond substituents is 1. The highest BCUT2D eigenvalue weighted by molar-refractivity contribution is 6.33. The highest BCUT2D eigenvalue weighted by Crippen LogP contribution is 2.69. The Hall–Kier alpha value is -6.09. The monoisotopic (exact) mass is 1300 g/mol. The van der Waals surface area contributed by atoms with E-state index in [2.05, 4.69) is 88.0 Å². The summed E-state index contributed by atoms with van der Waals surface area (Å²) in [6, 6.07) is 13.0. The van der Waals surface area contributed by atoms with Crippen LogP contribution in [0.5, 0.6) is 5.75 Å². The van der Waals surface area contributed by atoms with Crippen LogP contribution in [0.25, 0.3) is 0 Å². The molecule has 2 aromatic rings. The lowest BCUT2D eigenvalue weighted by Gasteiger charge is -2.64. The Morgan fingerprint density at radius 1 is 0.906 bits per heavy atom. The number of aliphatic hydroxyl groups is 3. The van der Waals surface area contributed by atoms with Crippen molar-refractivity contribution in [1.29, 1.82) is 0 Å². The molecule has 15 heteroatoms. The van der Waals surface area contributed by atoms with Gasteiger partial charge in [0.1, 0.15) is 17.7 Å². The van der Waals surface area contributed by atoms with E-state index in [0.717, 1.165) is 105 Å². The molecule has 7 heterocycles. The smallest absolute Gasteiger partial charge is 0.350 e. The molecule has 5 fully saturated rings. The zero-order valence-electron chi connectivity index (χ0n) is 56.7. The van der Waals surface area contributed by atoms with Gasteiger partial charge in [-0.05, 0) is 227 Å². The van der Waals surface area contributed by atoms with E-state index in [1.165, 1.54) is 23.1 Å². The van der Waals surface area contributed by atoms with E-state index in [1.54, 1.807) is 12.1 Å². The molecule has 0 amide bonds. The minimum atomic E-state index is -2.38. The predicted octanol–water partition coefficient (Wildman–Crippen LogP) is 10.6. The zero-order chi connectivity index (χ0) is 66.0. The number of esters is 1. The quantitative estimate of drug-likeness (QED) is 0.0350. The Morgan fingerprint density at radius 2 is 1.74 bits per heavy atom. The van der Waals surface area contributed by atoms with Crippen LogP contribution in [0, 0.1) is 75.9 Å². The maximum absolute atomic E-state index is 17.2. The molecule has 0 radical (unpaired) electrons. The minimum Gasteiger partial charge on any atom is -0.508 e. The third-order valence-corrected chi connectivity index (χ3v) is 27.7. The van der Waals surface area contributed by atoms with E-state index in [0.29, 0.717) is 87.8 Å². The molecule has 11 N–H and O–H groups in total. The average molecular weight is 1300 g/mol. The summed E-state index contributed by atoms with van der Waals surface area (Å²) >= 11 is 0. The van der Waals surface area contributed by atoms with Gasteiger partial charge in [-0.25, -0.2) is 4.79 Å². The molecule has 16 rings (SSSR count). The van der Waals surface area contributed by atoms with Crippen molar-refractivity contribution in [3.8, 4) is 17.6 Å². The summed E-state index contributed by atoms with van der Waals surface area (Å²) in [7, 11) is 1.97. The van der Waals surface area contributed by atoms with Crippen molar-refractivity contribution in [2.24, 2.45) is 69.8 Å². The summed E-state index contributed by atoms with van der Waals surface area (Å²) in [4.78, 5) is 50.4. The van der Waals surface area contributed by atoms with Crippen molar-refractivity contribution in [3.63, 3.8) is 0 Å². The molecule has 96 heavy (non-hydrogen) atoms. The summed E-state index contributed by atoms with van der Waals surface area (Å²) in [5.74, 6) is 6.01. The van der Waals surface area contributed by atoms with Crippen LogP contribution in [0.4, 0.5) is 0 Å². The van der Waals surface area contributed by atoms with Gasteiger partial charge in [0.2, 0.25) is 5.78 Å². The van der Waals surface area contributed by atoms with Crippen LogP contribution < -0.4 is 32.3 Å².